The minimum Gasteiger partial charge on any atom is -0.354 e. The van der Waals surface area contributed by atoms with Crippen molar-refractivity contribution >= 4 is 27.7 Å². The van der Waals surface area contributed by atoms with Crippen molar-refractivity contribution in [2.45, 2.75) is 27.3 Å². The van der Waals surface area contributed by atoms with Gasteiger partial charge in [-0.05, 0) is 48.8 Å². The Morgan fingerprint density at radius 3 is 2.71 bits per heavy atom. The summed E-state index contributed by atoms with van der Waals surface area (Å²) in [5.74, 6) is 1.53. The molecule has 0 bridgehead atoms. The molecule has 6 heteroatoms. The number of rotatable bonds is 6. The van der Waals surface area contributed by atoms with Crippen LogP contribution >= 0.6 is 15.9 Å². The van der Waals surface area contributed by atoms with Gasteiger partial charge in [0, 0.05) is 25.0 Å². The first-order valence-electron chi connectivity index (χ1n) is 7.08. The highest BCUT2D eigenvalue weighted by Crippen LogP contribution is 2.25. The third-order valence-electron chi connectivity index (χ3n) is 3.04. The zero-order valence-electron chi connectivity index (χ0n) is 12.6. The van der Waals surface area contributed by atoms with Gasteiger partial charge in [0.15, 0.2) is 0 Å². The van der Waals surface area contributed by atoms with E-state index in [1.165, 1.54) is 0 Å². The number of hydrogen-bond donors (Lipinski definition) is 1. The first kappa shape index (κ1) is 15.7. The van der Waals surface area contributed by atoms with Crippen LogP contribution in [0.3, 0.4) is 0 Å². The minimum absolute atomic E-state index is 0.645. The second-order valence-corrected chi connectivity index (χ2v) is 5.53. The molecule has 5 nitrogen and oxygen atoms in total. The average Bonchev–Trinajstić information content (AvgIpc) is 2.47. The third-order valence-corrected chi connectivity index (χ3v) is 3.60. The van der Waals surface area contributed by atoms with Crippen molar-refractivity contribution < 1.29 is 0 Å². The zero-order valence-corrected chi connectivity index (χ0v) is 14.2. The van der Waals surface area contributed by atoms with E-state index in [4.69, 9.17) is 0 Å². The molecule has 1 N–H and O–H groups in total. The van der Waals surface area contributed by atoms with Gasteiger partial charge < -0.3 is 10.2 Å². The summed E-state index contributed by atoms with van der Waals surface area (Å²) in [6.45, 7) is 8.50. The van der Waals surface area contributed by atoms with Gasteiger partial charge in [0.05, 0.1) is 16.7 Å². The summed E-state index contributed by atoms with van der Waals surface area (Å²) in [7, 11) is 0. The highest BCUT2D eigenvalue weighted by molar-refractivity contribution is 9.10. The monoisotopic (exact) mass is 349 g/mol. The summed E-state index contributed by atoms with van der Waals surface area (Å²) in [6, 6.07) is 6.07. The molecule has 0 unspecified atom stereocenters. The maximum atomic E-state index is 4.58. The molecule has 0 amide bonds. The van der Waals surface area contributed by atoms with Crippen LogP contribution < -0.4 is 10.2 Å². The van der Waals surface area contributed by atoms with Crippen LogP contribution in [0, 0.1) is 6.92 Å². The molecule has 0 aliphatic heterocycles. The standard InChI is InChI=1S/C15H20BrN5/c1-4-17-15-18-9-13(16)14(20-15)21(5-2)10-12-8-6-7-11(3)19-12/h6-9H,4-5,10H2,1-3H3,(H,17,18,20). The van der Waals surface area contributed by atoms with Gasteiger partial charge >= 0.3 is 0 Å². The topological polar surface area (TPSA) is 53.9 Å². The van der Waals surface area contributed by atoms with Gasteiger partial charge in [-0.3, -0.25) is 4.98 Å². The Morgan fingerprint density at radius 1 is 1.24 bits per heavy atom. The largest absolute Gasteiger partial charge is 0.354 e. The van der Waals surface area contributed by atoms with Gasteiger partial charge in [-0.1, -0.05) is 6.07 Å². The second-order valence-electron chi connectivity index (χ2n) is 4.68. The van der Waals surface area contributed by atoms with Crippen molar-refractivity contribution in [3.63, 3.8) is 0 Å². The smallest absolute Gasteiger partial charge is 0.224 e. The van der Waals surface area contributed by atoms with Crippen LogP contribution in [0.25, 0.3) is 0 Å². The van der Waals surface area contributed by atoms with Crippen LogP contribution in [0.15, 0.2) is 28.9 Å². The predicted octanol–water partition coefficient (Wildman–Crippen LogP) is 3.40. The number of aromatic nitrogens is 3. The second kappa shape index (κ2) is 7.36. The Hall–Kier alpha value is -1.69. The van der Waals surface area contributed by atoms with Crippen molar-refractivity contribution in [1.82, 2.24) is 15.0 Å². The van der Waals surface area contributed by atoms with Crippen LogP contribution in [0.1, 0.15) is 25.2 Å². The molecule has 112 valence electrons. The molecule has 2 heterocycles. The first-order valence-corrected chi connectivity index (χ1v) is 7.87. The molecule has 0 aliphatic rings. The maximum absolute atomic E-state index is 4.58. The third kappa shape index (κ3) is 4.14. The lowest BCUT2D eigenvalue weighted by atomic mass is 10.3. The van der Waals surface area contributed by atoms with Crippen molar-refractivity contribution in [1.29, 1.82) is 0 Å². The fourth-order valence-electron chi connectivity index (χ4n) is 2.04. The van der Waals surface area contributed by atoms with Crippen LogP contribution in [-0.2, 0) is 6.54 Å². The number of pyridine rings is 1. The molecule has 2 aromatic rings. The quantitative estimate of drug-likeness (QED) is 0.865. The molecule has 21 heavy (non-hydrogen) atoms. The Morgan fingerprint density at radius 2 is 2.05 bits per heavy atom. The zero-order chi connectivity index (χ0) is 15.2. The molecule has 0 atom stereocenters. The van der Waals surface area contributed by atoms with Crippen molar-refractivity contribution in [3.05, 3.63) is 40.3 Å². The Bertz CT molecular complexity index is 602. The SMILES string of the molecule is CCNc1ncc(Br)c(N(CC)Cc2cccc(C)n2)n1. The highest BCUT2D eigenvalue weighted by atomic mass is 79.9. The molecule has 0 saturated carbocycles. The number of anilines is 2. The van der Waals surface area contributed by atoms with Crippen LogP contribution in [0.4, 0.5) is 11.8 Å². The summed E-state index contributed by atoms with van der Waals surface area (Å²) in [5.41, 5.74) is 2.06. The van der Waals surface area contributed by atoms with Gasteiger partial charge in [0.25, 0.3) is 0 Å². The van der Waals surface area contributed by atoms with Gasteiger partial charge in [0.2, 0.25) is 5.95 Å². The number of nitrogens with zero attached hydrogens (tertiary/aromatic N) is 4. The molecule has 2 aromatic heterocycles. The van der Waals surface area contributed by atoms with E-state index in [0.717, 1.165) is 41.3 Å². The summed E-state index contributed by atoms with van der Waals surface area (Å²) >= 11 is 3.54. The van der Waals surface area contributed by atoms with Crippen LogP contribution in [0.5, 0.6) is 0 Å². The Kier molecular flexibility index (Phi) is 5.50. The molecule has 0 fully saturated rings. The van der Waals surface area contributed by atoms with E-state index in [0.29, 0.717) is 5.95 Å². The molecular weight excluding hydrogens is 330 g/mol. The molecule has 0 saturated heterocycles. The molecular formula is C15H20BrN5. The molecule has 0 radical (unpaired) electrons. The van der Waals surface area contributed by atoms with Crippen molar-refractivity contribution in [3.8, 4) is 0 Å². The van der Waals surface area contributed by atoms with E-state index >= 15 is 0 Å². The fraction of sp³-hybridized carbons (Fsp3) is 0.400. The van der Waals surface area contributed by atoms with Crippen molar-refractivity contribution in [2.24, 2.45) is 0 Å². The lowest BCUT2D eigenvalue weighted by Crippen LogP contribution is -2.24. The highest BCUT2D eigenvalue weighted by Gasteiger charge is 2.13. The van der Waals surface area contributed by atoms with Crippen LogP contribution in [-0.4, -0.2) is 28.0 Å². The van der Waals surface area contributed by atoms with Gasteiger partial charge in [-0.2, -0.15) is 4.98 Å². The fourth-order valence-corrected chi connectivity index (χ4v) is 2.48. The number of aryl methyl sites for hydroxylation is 1. The Balaban J connectivity index is 2.26. The minimum atomic E-state index is 0.645. The summed E-state index contributed by atoms with van der Waals surface area (Å²) in [5, 5.41) is 3.14. The molecule has 2 rings (SSSR count). The van der Waals surface area contributed by atoms with E-state index in [1.807, 2.05) is 32.0 Å². The number of nitrogens with one attached hydrogen (secondary N) is 1. The lowest BCUT2D eigenvalue weighted by Gasteiger charge is -2.23. The number of halogens is 1. The van der Waals surface area contributed by atoms with E-state index in [1.54, 1.807) is 6.20 Å². The van der Waals surface area contributed by atoms with E-state index in [-0.39, 0.29) is 0 Å². The van der Waals surface area contributed by atoms with Crippen LogP contribution in [0.2, 0.25) is 0 Å². The van der Waals surface area contributed by atoms with E-state index in [2.05, 4.69) is 48.0 Å². The summed E-state index contributed by atoms with van der Waals surface area (Å²) in [6.07, 6.45) is 1.78. The Labute approximate surface area is 134 Å². The normalized spacial score (nSPS) is 10.5. The van der Waals surface area contributed by atoms with E-state index < -0.39 is 0 Å². The number of hydrogen-bond acceptors (Lipinski definition) is 5. The van der Waals surface area contributed by atoms with Gasteiger partial charge in [0.1, 0.15) is 5.82 Å². The maximum Gasteiger partial charge on any atom is 0.224 e. The first-order chi connectivity index (χ1) is 10.1. The van der Waals surface area contributed by atoms with Gasteiger partial charge in [-0.15, -0.1) is 0 Å². The van der Waals surface area contributed by atoms with Crippen molar-refractivity contribution in [2.75, 3.05) is 23.3 Å². The molecule has 0 aliphatic carbocycles. The molecule has 0 aromatic carbocycles. The predicted molar refractivity (Wildman–Crippen MR) is 89.6 cm³/mol. The average molecular weight is 350 g/mol. The summed E-state index contributed by atoms with van der Waals surface area (Å²) < 4.78 is 0.888. The van der Waals surface area contributed by atoms with E-state index in [9.17, 15) is 0 Å². The van der Waals surface area contributed by atoms with Gasteiger partial charge in [-0.25, -0.2) is 4.98 Å². The lowest BCUT2D eigenvalue weighted by molar-refractivity contribution is 0.785. The molecule has 0 spiro atoms. The summed E-state index contributed by atoms with van der Waals surface area (Å²) in [4.78, 5) is 15.6.